The summed E-state index contributed by atoms with van der Waals surface area (Å²) in [5, 5.41) is 0. The van der Waals surface area contributed by atoms with Gasteiger partial charge < -0.3 is 14.0 Å². The summed E-state index contributed by atoms with van der Waals surface area (Å²) < 4.78 is 10.9. The van der Waals surface area contributed by atoms with E-state index in [0.717, 1.165) is 11.0 Å². The van der Waals surface area contributed by atoms with Crippen LogP contribution >= 0.6 is 11.8 Å². The van der Waals surface area contributed by atoms with Gasteiger partial charge in [-0.1, -0.05) is 0 Å². The number of ether oxygens (including phenoxy) is 2. The molecule has 0 aliphatic heterocycles. The van der Waals surface area contributed by atoms with Crippen LogP contribution < -0.4 is 0 Å². The topological polar surface area (TPSA) is 52.6 Å². The van der Waals surface area contributed by atoms with E-state index in [1.165, 1.54) is 11.8 Å². The third-order valence-electron chi connectivity index (χ3n) is 2.54. The molecule has 118 valence electrons. The molecule has 0 aromatic carbocycles. The Kier molecular flexibility index (Phi) is 8.20. The zero-order chi connectivity index (χ0) is 15.8. The fourth-order valence-electron chi connectivity index (χ4n) is 1.26. The summed E-state index contributed by atoms with van der Waals surface area (Å²) in [6.45, 7) is 7.01. The van der Waals surface area contributed by atoms with E-state index >= 15 is 0 Å². The Balaban J connectivity index is 4.02. The number of likely N-dealkylation sites (N-methyl/N-ethyl adjacent to an activating group) is 1. The third-order valence-corrected chi connectivity index (χ3v) is 3.90. The molecule has 0 heterocycles. The maximum atomic E-state index is 12.0. The van der Waals surface area contributed by atoms with Crippen molar-refractivity contribution in [2.75, 3.05) is 52.4 Å². The van der Waals surface area contributed by atoms with Crippen molar-refractivity contribution in [1.29, 1.82) is 0 Å². The molecular weight excluding hydrogens is 278 g/mol. The van der Waals surface area contributed by atoms with Crippen LogP contribution in [-0.4, -0.2) is 68.8 Å². The van der Waals surface area contributed by atoms with Gasteiger partial charge in [-0.25, -0.2) is 0 Å². The number of nitrogens with zero attached hydrogens (tertiary/aromatic N) is 1. The van der Waals surface area contributed by atoms with Crippen molar-refractivity contribution < 1.29 is 23.5 Å². The molecule has 0 aromatic rings. The number of esters is 2. The van der Waals surface area contributed by atoms with Gasteiger partial charge in [-0.3, -0.25) is 9.59 Å². The van der Waals surface area contributed by atoms with Gasteiger partial charge in [-0.15, -0.1) is 11.8 Å². The fourth-order valence-corrected chi connectivity index (χ4v) is 2.24. The fraction of sp³-hybridized carbons (Fsp3) is 0.857. The van der Waals surface area contributed by atoms with Gasteiger partial charge in [0.2, 0.25) is 0 Å². The van der Waals surface area contributed by atoms with Gasteiger partial charge in [0.1, 0.15) is 13.2 Å². The Morgan fingerprint density at radius 2 is 1.75 bits per heavy atom. The Labute approximate surface area is 126 Å². The van der Waals surface area contributed by atoms with E-state index in [4.69, 9.17) is 9.47 Å². The number of thioether (sulfide) groups is 1. The van der Waals surface area contributed by atoms with Crippen LogP contribution in [0.3, 0.4) is 0 Å². The van der Waals surface area contributed by atoms with Gasteiger partial charge in [0.05, 0.1) is 38.9 Å². The number of carbonyl (C=O) groups excluding carboxylic acids is 2. The lowest BCUT2D eigenvalue weighted by Gasteiger charge is -2.26. The van der Waals surface area contributed by atoms with Crippen LogP contribution in [0.5, 0.6) is 0 Å². The largest absolute Gasteiger partial charge is 0.465 e. The predicted octanol–water partition coefficient (Wildman–Crippen LogP) is 1.56. The number of rotatable bonds is 9. The first kappa shape index (κ1) is 19.2. The molecule has 0 bridgehead atoms. The maximum Gasteiger partial charge on any atom is 0.315 e. The van der Waals surface area contributed by atoms with Gasteiger partial charge in [-0.2, -0.15) is 0 Å². The van der Waals surface area contributed by atoms with Gasteiger partial charge >= 0.3 is 11.9 Å². The molecule has 0 saturated carbocycles. The normalized spacial score (nSPS) is 12.1. The Hall–Kier alpha value is -0.750. The van der Waals surface area contributed by atoms with E-state index in [0.29, 0.717) is 19.0 Å². The average Bonchev–Trinajstić information content (AvgIpc) is 2.27. The van der Waals surface area contributed by atoms with Gasteiger partial charge in [0, 0.05) is 5.75 Å². The van der Waals surface area contributed by atoms with Crippen LogP contribution in [-0.2, 0) is 19.1 Å². The number of quaternary nitrogens is 1. The molecule has 0 rings (SSSR count). The second-order valence-corrected chi connectivity index (χ2v) is 7.32. The highest BCUT2D eigenvalue weighted by atomic mass is 32.2. The third kappa shape index (κ3) is 9.20. The molecule has 0 atom stereocenters. The minimum Gasteiger partial charge on any atom is -0.465 e. The molecule has 0 N–H and O–H groups in total. The van der Waals surface area contributed by atoms with E-state index in [1.54, 1.807) is 6.92 Å². The highest BCUT2D eigenvalue weighted by molar-refractivity contribution is 7.99. The molecule has 20 heavy (non-hydrogen) atoms. The summed E-state index contributed by atoms with van der Waals surface area (Å²) in [5.41, 5.74) is -0.595. The molecule has 0 spiro atoms. The van der Waals surface area contributed by atoms with Crippen molar-refractivity contribution in [2.45, 2.75) is 20.8 Å². The summed E-state index contributed by atoms with van der Waals surface area (Å²) >= 11 is 1.40. The molecule has 0 aliphatic carbocycles. The van der Waals surface area contributed by atoms with Gasteiger partial charge in [-0.05, 0) is 20.8 Å². The highest BCUT2D eigenvalue weighted by Gasteiger charge is 2.30. The minimum atomic E-state index is -0.595. The quantitative estimate of drug-likeness (QED) is 0.478. The SMILES string of the molecule is CCOC(=O)CSCC(C)(C)C(=O)OCC[N+](C)(C)C. The lowest BCUT2D eigenvalue weighted by molar-refractivity contribution is -0.870. The minimum absolute atomic E-state index is 0.220. The Bertz CT molecular complexity index is 324. The standard InChI is InChI=1S/C14H28NO4S/c1-7-18-12(16)10-20-11-14(2,3)13(17)19-9-8-15(4,5)6/h7-11H2,1-6H3/q+1. The van der Waals surface area contributed by atoms with E-state index in [-0.39, 0.29) is 17.7 Å². The smallest absolute Gasteiger partial charge is 0.315 e. The summed E-state index contributed by atoms with van der Waals surface area (Å²) in [6.07, 6.45) is 0. The van der Waals surface area contributed by atoms with Crippen LogP contribution in [0.25, 0.3) is 0 Å². The highest BCUT2D eigenvalue weighted by Crippen LogP contribution is 2.23. The van der Waals surface area contributed by atoms with Crippen molar-refractivity contribution in [3.63, 3.8) is 0 Å². The predicted molar refractivity (Wildman–Crippen MR) is 81.6 cm³/mol. The number of hydrogen-bond donors (Lipinski definition) is 0. The average molecular weight is 306 g/mol. The van der Waals surface area contributed by atoms with Crippen molar-refractivity contribution >= 4 is 23.7 Å². The first-order valence-electron chi connectivity index (χ1n) is 6.79. The summed E-state index contributed by atoms with van der Waals surface area (Å²) in [5.74, 6) is 0.340. The molecule has 0 aliphatic rings. The van der Waals surface area contributed by atoms with Crippen LogP contribution in [0.2, 0.25) is 0 Å². The maximum absolute atomic E-state index is 12.0. The number of carbonyl (C=O) groups is 2. The first-order chi connectivity index (χ1) is 9.08. The van der Waals surface area contributed by atoms with Crippen molar-refractivity contribution in [2.24, 2.45) is 5.41 Å². The molecular formula is C14H28NO4S+. The molecule has 0 radical (unpaired) electrons. The Morgan fingerprint density at radius 3 is 2.25 bits per heavy atom. The molecule has 0 amide bonds. The second-order valence-electron chi connectivity index (χ2n) is 6.33. The van der Waals surface area contributed by atoms with E-state index < -0.39 is 5.41 Å². The van der Waals surface area contributed by atoms with E-state index in [1.807, 2.05) is 35.0 Å². The zero-order valence-corrected chi connectivity index (χ0v) is 14.3. The molecule has 0 saturated heterocycles. The lowest BCUT2D eigenvalue weighted by Crippen LogP contribution is -2.39. The van der Waals surface area contributed by atoms with Crippen molar-refractivity contribution in [3.05, 3.63) is 0 Å². The van der Waals surface area contributed by atoms with Crippen LogP contribution in [0, 0.1) is 5.41 Å². The molecule has 0 aromatic heterocycles. The summed E-state index contributed by atoms with van der Waals surface area (Å²) in [7, 11) is 6.15. The molecule has 5 nitrogen and oxygen atoms in total. The lowest BCUT2D eigenvalue weighted by atomic mass is 9.97. The van der Waals surface area contributed by atoms with E-state index in [2.05, 4.69) is 0 Å². The van der Waals surface area contributed by atoms with Crippen molar-refractivity contribution in [3.8, 4) is 0 Å². The van der Waals surface area contributed by atoms with E-state index in [9.17, 15) is 9.59 Å². The Morgan fingerprint density at radius 1 is 1.15 bits per heavy atom. The zero-order valence-electron chi connectivity index (χ0n) is 13.5. The van der Waals surface area contributed by atoms with Crippen molar-refractivity contribution in [1.82, 2.24) is 0 Å². The number of hydrogen-bond acceptors (Lipinski definition) is 5. The van der Waals surface area contributed by atoms with Crippen LogP contribution in [0.15, 0.2) is 0 Å². The molecule has 0 unspecified atom stereocenters. The summed E-state index contributed by atoms with van der Waals surface area (Å²) in [4.78, 5) is 23.2. The van der Waals surface area contributed by atoms with Gasteiger partial charge in [0.25, 0.3) is 0 Å². The summed E-state index contributed by atoms with van der Waals surface area (Å²) in [6, 6.07) is 0. The van der Waals surface area contributed by atoms with Crippen LogP contribution in [0.4, 0.5) is 0 Å². The monoisotopic (exact) mass is 306 g/mol. The van der Waals surface area contributed by atoms with Gasteiger partial charge in [0.15, 0.2) is 0 Å². The second kappa shape index (κ2) is 8.52. The molecule has 6 heteroatoms. The first-order valence-corrected chi connectivity index (χ1v) is 7.95. The van der Waals surface area contributed by atoms with Crippen LogP contribution in [0.1, 0.15) is 20.8 Å². The molecule has 0 fully saturated rings.